The Morgan fingerprint density at radius 2 is 1.92 bits per heavy atom. The summed E-state index contributed by atoms with van der Waals surface area (Å²) in [6.45, 7) is 1.45. The van der Waals surface area contributed by atoms with Crippen LogP contribution in [0.15, 0.2) is 60.9 Å². The maximum atomic E-state index is 12.9. The fraction of sp³-hybridized carbons (Fsp3) is 0.0500. The number of amides is 1. The van der Waals surface area contributed by atoms with Gasteiger partial charge in [0.15, 0.2) is 0 Å². The molecule has 0 fully saturated rings. The number of hydrogen-bond donors (Lipinski definition) is 1. The Kier molecular flexibility index (Phi) is 3.93. The van der Waals surface area contributed by atoms with Crippen molar-refractivity contribution in [2.24, 2.45) is 0 Å². The second-order valence-corrected chi connectivity index (χ2v) is 6.36. The smallest absolute Gasteiger partial charge is 0.257 e. The van der Waals surface area contributed by atoms with Crippen molar-refractivity contribution in [2.45, 2.75) is 6.92 Å². The van der Waals surface area contributed by atoms with Crippen LogP contribution in [0.1, 0.15) is 22.1 Å². The third kappa shape index (κ3) is 2.72. The van der Waals surface area contributed by atoms with E-state index in [0.29, 0.717) is 32.7 Å². The molecule has 1 amide bonds. The minimum Gasteiger partial charge on any atom is -0.320 e. The molecule has 0 aliphatic heterocycles. The molecule has 0 atom stereocenters. The second kappa shape index (κ2) is 6.28. The number of carbonyl (C=O) groups excluding carboxylic acids is 2. The van der Waals surface area contributed by atoms with Gasteiger partial charge in [0, 0.05) is 35.1 Å². The van der Waals surface area contributed by atoms with Crippen LogP contribution in [0.5, 0.6) is 0 Å². The van der Waals surface area contributed by atoms with E-state index in [1.807, 2.05) is 24.3 Å². The van der Waals surface area contributed by atoms with E-state index in [0.717, 1.165) is 5.39 Å². The lowest BCUT2D eigenvalue weighted by Crippen LogP contribution is -2.12. The third-order valence-corrected chi connectivity index (χ3v) is 4.47. The van der Waals surface area contributed by atoms with Crippen molar-refractivity contribution < 1.29 is 9.59 Å². The zero-order valence-electron chi connectivity index (χ0n) is 13.9. The summed E-state index contributed by atoms with van der Waals surface area (Å²) in [7, 11) is 0. The Hall–Kier alpha value is -3.18. The number of benzene rings is 2. The number of rotatable bonds is 2. The number of hydrogen-bond acceptors (Lipinski definition) is 3. The third-order valence-electron chi connectivity index (χ3n) is 4.23. The summed E-state index contributed by atoms with van der Waals surface area (Å²) in [6, 6.07) is 14.5. The lowest BCUT2D eigenvalue weighted by Gasteiger charge is -2.07. The summed E-state index contributed by atoms with van der Waals surface area (Å²) in [4.78, 5) is 29.2. The summed E-state index contributed by atoms with van der Waals surface area (Å²) in [6.07, 6.45) is 3.22. The summed E-state index contributed by atoms with van der Waals surface area (Å²) < 4.78 is 1.45. The number of fused-ring (bicyclic) bond motifs is 2. The molecule has 0 aliphatic carbocycles. The number of halogens is 1. The predicted octanol–water partition coefficient (Wildman–Crippen LogP) is 4.76. The van der Waals surface area contributed by atoms with Crippen LogP contribution in [0.4, 0.5) is 5.69 Å². The van der Waals surface area contributed by atoms with Crippen LogP contribution in [0.2, 0.25) is 5.02 Å². The first-order chi connectivity index (χ1) is 12.5. The van der Waals surface area contributed by atoms with Crippen LogP contribution in [0, 0.1) is 0 Å². The quantitative estimate of drug-likeness (QED) is 0.558. The standard InChI is InChI=1S/C20H14ClN3O2/c1-12(25)24-11-16(15-10-14(21)7-8-18(15)24)20(26)23-17-6-2-4-13-5-3-9-22-19(13)17/h2-11H,1H3,(H,23,26). The van der Waals surface area contributed by atoms with Crippen molar-refractivity contribution in [2.75, 3.05) is 5.32 Å². The minimum absolute atomic E-state index is 0.178. The van der Waals surface area contributed by atoms with Crippen LogP contribution < -0.4 is 5.32 Å². The average Bonchev–Trinajstić information content (AvgIpc) is 3.01. The van der Waals surface area contributed by atoms with Crippen molar-refractivity contribution in [1.82, 2.24) is 9.55 Å². The molecule has 0 bridgehead atoms. The molecular weight excluding hydrogens is 350 g/mol. The summed E-state index contributed by atoms with van der Waals surface area (Å²) >= 11 is 6.09. The Morgan fingerprint density at radius 3 is 2.73 bits per heavy atom. The molecule has 4 aromatic rings. The zero-order chi connectivity index (χ0) is 18.3. The highest BCUT2D eigenvalue weighted by Gasteiger charge is 2.18. The molecule has 1 N–H and O–H groups in total. The average molecular weight is 364 g/mol. The van der Waals surface area contributed by atoms with Gasteiger partial charge in [-0.25, -0.2) is 0 Å². The molecule has 2 aromatic heterocycles. The molecule has 6 heteroatoms. The van der Waals surface area contributed by atoms with E-state index in [9.17, 15) is 9.59 Å². The van der Waals surface area contributed by atoms with Gasteiger partial charge in [0.1, 0.15) is 0 Å². The minimum atomic E-state index is -0.324. The second-order valence-electron chi connectivity index (χ2n) is 5.93. The maximum absolute atomic E-state index is 12.9. The van der Waals surface area contributed by atoms with E-state index in [4.69, 9.17) is 11.6 Å². The zero-order valence-corrected chi connectivity index (χ0v) is 14.6. The van der Waals surface area contributed by atoms with Crippen LogP contribution >= 0.6 is 11.6 Å². The number of pyridine rings is 1. The largest absolute Gasteiger partial charge is 0.320 e. The monoisotopic (exact) mass is 363 g/mol. The van der Waals surface area contributed by atoms with Gasteiger partial charge in [0.05, 0.1) is 22.3 Å². The Morgan fingerprint density at radius 1 is 1.12 bits per heavy atom. The van der Waals surface area contributed by atoms with E-state index < -0.39 is 0 Å². The molecule has 0 unspecified atom stereocenters. The van der Waals surface area contributed by atoms with Gasteiger partial charge in [0.25, 0.3) is 5.91 Å². The topological polar surface area (TPSA) is 64.0 Å². The van der Waals surface area contributed by atoms with Crippen molar-refractivity contribution >= 4 is 50.9 Å². The molecule has 0 spiro atoms. The number of nitrogens with zero attached hydrogens (tertiary/aromatic N) is 2. The fourth-order valence-electron chi connectivity index (χ4n) is 3.04. The van der Waals surface area contributed by atoms with E-state index in [1.165, 1.54) is 17.7 Å². The van der Waals surface area contributed by atoms with Crippen molar-refractivity contribution in [3.63, 3.8) is 0 Å². The Labute approximate surface area is 154 Å². The molecule has 2 aromatic carbocycles. The van der Waals surface area contributed by atoms with Crippen molar-refractivity contribution in [3.8, 4) is 0 Å². The van der Waals surface area contributed by atoms with Gasteiger partial charge in [-0.15, -0.1) is 0 Å². The lowest BCUT2D eigenvalue weighted by molar-refractivity contribution is 0.0941. The van der Waals surface area contributed by atoms with Crippen molar-refractivity contribution in [1.29, 1.82) is 0 Å². The normalized spacial score (nSPS) is 11.0. The summed E-state index contributed by atoms with van der Waals surface area (Å²) in [5.41, 5.74) is 2.34. The van der Waals surface area contributed by atoms with Crippen LogP contribution in [-0.4, -0.2) is 21.4 Å². The molecule has 0 radical (unpaired) electrons. The molecule has 2 heterocycles. The Balaban J connectivity index is 1.81. The van der Waals surface area contributed by atoms with E-state index in [2.05, 4.69) is 10.3 Å². The SMILES string of the molecule is CC(=O)n1cc(C(=O)Nc2cccc3cccnc23)c2cc(Cl)ccc21. The van der Waals surface area contributed by atoms with Crippen LogP contribution in [0.25, 0.3) is 21.8 Å². The molecule has 0 aliphatic rings. The first kappa shape index (κ1) is 16.3. The van der Waals surface area contributed by atoms with Gasteiger partial charge in [-0.1, -0.05) is 29.8 Å². The van der Waals surface area contributed by atoms with E-state index >= 15 is 0 Å². The number of nitrogens with one attached hydrogen (secondary N) is 1. The van der Waals surface area contributed by atoms with Gasteiger partial charge < -0.3 is 5.32 Å². The van der Waals surface area contributed by atoms with Gasteiger partial charge in [-0.05, 0) is 30.3 Å². The summed E-state index contributed by atoms with van der Waals surface area (Å²) in [5, 5.41) is 4.95. The fourth-order valence-corrected chi connectivity index (χ4v) is 3.21. The molecule has 0 saturated heterocycles. The highest BCUT2D eigenvalue weighted by atomic mass is 35.5. The first-order valence-corrected chi connectivity index (χ1v) is 8.39. The van der Waals surface area contributed by atoms with E-state index in [1.54, 1.807) is 30.5 Å². The highest BCUT2D eigenvalue weighted by molar-refractivity contribution is 6.31. The molecule has 5 nitrogen and oxygen atoms in total. The molecule has 26 heavy (non-hydrogen) atoms. The number of aromatic nitrogens is 2. The van der Waals surface area contributed by atoms with Gasteiger partial charge in [-0.3, -0.25) is 19.1 Å². The van der Waals surface area contributed by atoms with Gasteiger partial charge in [-0.2, -0.15) is 0 Å². The molecule has 128 valence electrons. The lowest BCUT2D eigenvalue weighted by atomic mass is 10.1. The summed E-state index contributed by atoms with van der Waals surface area (Å²) in [5.74, 6) is -0.501. The first-order valence-electron chi connectivity index (χ1n) is 8.01. The Bertz CT molecular complexity index is 1180. The molecule has 4 rings (SSSR count). The highest BCUT2D eigenvalue weighted by Crippen LogP contribution is 2.27. The molecular formula is C20H14ClN3O2. The predicted molar refractivity (Wildman–Crippen MR) is 103 cm³/mol. The number of carbonyl (C=O) groups is 2. The van der Waals surface area contributed by atoms with E-state index in [-0.39, 0.29) is 11.8 Å². The molecule has 0 saturated carbocycles. The van der Waals surface area contributed by atoms with Crippen LogP contribution in [-0.2, 0) is 0 Å². The van der Waals surface area contributed by atoms with Crippen LogP contribution in [0.3, 0.4) is 0 Å². The van der Waals surface area contributed by atoms with Gasteiger partial charge in [0.2, 0.25) is 5.91 Å². The number of para-hydroxylation sites is 1. The van der Waals surface area contributed by atoms with Crippen molar-refractivity contribution in [3.05, 3.63) is 71.5 Å². The maximum Gasteiger partial charge on any atom is 0.257 e. The number of anilines is 1. The van der Waals surface area contributed by atoms with Gasteiger partial charge >= 0.3 is 0 Å².